The smallest absolute Gasteiger partial charge is 0.372 e. The quantitative estimate of drug-likeness (QED) is 0.777. The largest absolute Gasteiger partial charge is 0.411 e. The molecule has 1 aromatic carbocycles. The number of nitrogens with zero attached hydrogens (tertiary/aromatic N) is 1. The van der Waals surface area contributed by atoms with Crippen molar-refractivity contribution >= 4 is 11.3 Å². The Morgan fingerprint density at radius 2 is 1.89 bits per heavy atom. The minimum atomic E-state index is -4.27. The van der Waals surface area contributed by atoms with E-state index in [1.54, 1.807) is 0 Å². The molecule has 0 amide bonds. The van der Waals surface area contributed by atoms with Crippen molar-refractivity contribution in [3.05, 3.63) is 40.7 Å². The highest BCUT2D eigenvalue weighted by Gasteiger charge is 2.27. The standard InChI is InChI=1S/C13H12F3NOS/c14-13(15,16)9-18-7-6-12-17-11(8-19-12)10-4-2-1-3-5-10/h1-5,8H,6-7,9H2. The zero-order valence-electron chi connectivity index (χ0n) is 9.98. The summed E-state index contributed by atoms with van der Waals surface area (Å²) in [5.41, 5.74) is 1.85. The van der Waals surface area contributed by atoms with Crippen molar-refractivity contribution in [1.82, 2.24) is 4.98 Å². The summed E-state index contributed by atoms with van der Waals surface area (Å²) in [7, 11) is 0. The van der Waals surface area contributed by atoms with E-state index in [0.29, 0.717) is 6.42 Å². The van der Waals surface area contributed by atoms with Crippen molar-refractivity contribution in [1.29, 1.82) is 0 Å². The second kappa shape index (κ2) is 6.16. The maximum absolute atomic E-state index is 11.9. The third-order valence-corrected chi connectivity index (χ3v) is 3.26. The molecule has 1 aromatic heterocycles. The third-order valence-electron chi connectivity index (χ3n) is 2.35. The van der Waals surface area contributed by atoms with Crippen molar-refractivity contribution in [2.75, 3.05) is 13.2 Å². The topological polar surface area (TPSA) is 22.1 Å². The Morgan fingerprint density at radius 3 is 2.58 bits per heavy atom. The molecule has 2 rings (SSSR count). The van der Waals surface area contributed by atoms with Gasteiger partial charge in [-0.1, -0.05) is 30.3 Å². The van der Waals surface area contributed by atoms with Crippen LogP contribution in [0.3, 0.4) is 0 Å². The van der Waals surface area contributed by atoms with Gasteiger partial charge in [0, 0.05) is 17.4 Å². The Labute approximate surface area is 112 Å². The number of rotatable bonds is 5. The lowest BCUT2D eigenvalue weighted by Gasteiger charge is -2.06. The van der Waals surface area contributed by atoms with Crippen LogP contribution in [-0.2, 0) is 11.2 Å². The molecule has 0 bridgehead atoms. The van der Waals surface area contributed by atoms with Crippen LogP contribution in [0.5, 0.6) is 0 Å². The van der Waals surface area contributed by atoms with Crippen LogP contribution in [0.15, 0.2) is 35.7 Å². The Hall–Kier alpha value is -1.40. The fourth-order valence-corrected chi connectivity index (χ4v) is 2.30. The Morgan fingerprint density at radius 1 is 1.16 bits per heavy atom. The Balaban J connectivity index is 1.85. The van der Waals surface area contributed by atoms with Gasteiger partial charge in [-0.15, -0.1) is 11.3 Å². The molecule has 0 fully saturated rings. The van der Waals surface area contributed by atoms with Gasteiger partial charge in [-0.25, -0.2) is 4.98 Å². The molecule has 2 aromatic rings. The summed E-state index contributed by atoms with van der Waals surface area (Å²) in [6.07, 6.45) is -3.87. The number of halogens is 3. The van der Waals surface area contributed by atoms with Crippen LogP contribution < -0.4 is 0 Å². The van der Waals surface area contributed by atoms with E-state index in [2.05, 4.69) is 9.72 Å². The first-order valence-corrected chi connectivity index (χ1v) is 6.57. The summed E-state index contributed by atoms with van der Waals surface area (Å²) in [4.78, 5) is 4.37. The van der Waals surface area contributed by atoms with Crippen molar-refractivity contribution in [3.8, 4) is 11.3 Å². The molecule has 0 spiro atoms. The second-order valence-corrected chi connectivity index (χ2v) is 4.85. The zero-order chi connectivity index (χ0) is 13.7. The van der Waals surface area contributed by atoms with E-state index in [0.717, 1.165) is 16.3 Å². The molecule has 0 aliphatic rings. The normalized spacial score (nSPS) is 11.7. The average Bonchev–Trinajstić information content (AvgIpc) is 2.83. The molecule has 19 heavy (non-hydrogen) atoms. The van der Waals surface area contributed by atoms with E-state index in [4.69, 9.17) is 0 Å². The van der Waals surface area contributed by atoms with Crippen LogP contribution >= 0.6 is 11.3 Å². The molecule has 0 aliphatic heterocycles. The number of hydrogen-bond acceptors (Lipinski definition) is 3. The number of ether oxygens (including phenoxy) is 1. The van der Waals surface area contributed by atoms with Crippen LogP contribution in [0.25, 0.3) is 11.3 Å². The molecule has 6 heteroatoms. The fourth-order valence-electron chi connectivity index (χ4n) is 1.51. The summed E-state index contributed by atoms with van der Waals surface area (Å²) in [6.45, 7) is -1.18. The molecule has 0 aliphatic carbocycles. The number of benzene rings is 1. The summed E-state index contributed by atoms with van der Waals surface area (Å²) in [5, 5.41) is 2.68. The van der Waals surface area contributed by atoms with Crippen molar-refractivity contribution < 1.29 is 17.9 Å². The lowest BCUT2D eigenvalue weighted by Crippen LogP contribution is -2.17. The second-order valence-electron chi connectivity index (χ2n) is 3.91. The molecule has 1 heterocycles. The van der Waals surface area contributed by atoms with E-state index in [9.17, 15) is 13.2 Å². The molecule has 0 saturated carbocycles. The van der Waals surface area contributed by atoms with E-state index in [-0.39, 0.29) is 6.61 Å². The monoisotopic (exact) mass is 287 g/mol. The van der Waals surface area contributed by atoms with Crippen LogP contribution in [0.2, 0.25) is 0 Å². The number of aromatic nitrogens is 1. The van der Waals surface area contributed by atoms with Gasteiger partial charge in [0.25, 0.3) is 0 Å². The number of hydrogen-bond donors (Lipinski definition) is 0. The van der Waals surface area contributed by atoms with Crippen molar-refractivity contribution in [2.24, 2.45) is 0 Å². The van der Waals surface area contributed by atoms with Gasteiger partial charge in [-0.05, 0) is 0 Å². The molecule has 0 atom stereocenters. The van der Waals surface area contributed by atoms with Crippen LogP contribution in [-0.4, -0.2) is 24.4 Å². The summed E-state index contributed by atoms with van der Waals surface area (Å²) in [6, 6.07) is 9.64. The fraction of sp³-hybridized carbons (Fsp3) is 0.308. The summed E-state index contributed by atoms with van der Waals surface area (Å²) >= 11 is 1.43. The van der Waals surface area contributed by atoms with Gasteiger partial charge >= 0.3 is 6.18 Å². The first-order chi connectivity index (χ1) is 9.04. The lowest BCUT2D eigenvalue weighted by molar-refractivity contribution is -0.173. The predicted octanol–water partition coefficient (Wildman–Crippen LogP) is 3.93. The molecular weight excluding hydrogens is 275 g/mol. The van der Waals surface area contributed by atoms with Crippen molar-refractivity contribution in [2.45, 2.75) is 12.6 Å². The lowest BCUT2D eigenvalue weighted by atomic mass is 10.2. The molecule has 0 unspecified atom stereocenters. The Bertz CT molecular complexity index is 510. The predicted molar refractivity (Wildman–Crippen MR) is 68.1 cm³/mol. The maximum Gasteiger partial charge on any atom is 0.411 e. The molecule has 102 valence electrons. The molecule has 0 radical (unpaired) electrons. The first-order valence-electron chi connectivity index (χ1n) is 5.69. The highest BCUT2D eigenvalue weighted by molar-refractivity contribution is 7.09. The van der Waals surface area contributed by atoms with E-state index in [1.165, 1.54) is 11.3 Å². The van der Waals surface area contributed by atoms with Crippen LogP contribution in [0.4, 0.5) is 13.2 Å². The average molecular weight is 287 g/mol. The van der Waals surface area contributed by atoms with Gasteiger partial charge in [0.05, 0.1) is 17.3 Å². The minimum absolute atomic E-state index is 0.0290. The minimum Gasteiger partial charge on any atom is -0.372 e. The summed E-state index contributed by atoms with van der Waals surface area (Å²) < 4.78 is 40.2. The molecule has 0 saturated heterocycles. The maximum atomic E-state index is 11.9. The molecule has 2 nitrogen and oxygen atoms in total. The van der Waals surface area contributed by atoms with Gasteiger partial charge in [-0.2, -0.15) is 13.2 Å². The highest BCUT2D eigenvalue weighted by atomic mass is 32.1. The molecular formula is C13H12F3NOS. The van der Waals surface area contributed by atoms with E-state index >= 15 is 0 Å². The first kappa shape index (κ1) is 14.0. The highest BCUT2D eigenvalue weighted by Crippen LogP contribution is 2.22. The van der Waals surface area contributed by atoms with Crippen LogP contribution in [0.1, 0.15) is 5.01 Å². The summed E-state index contributed by atoms with van der Waals surface area (Å²) in [5.74, 6) is 0. The Kier molecular flexibility index (Phi) is 4.55. The zero-order valence-corrected chi connectivity index (χ0v) is 10.8. The van der Waals surface area contributed by atoms with Gasteiger partial charge in [0.15, 0.2) is 0 Å². The molecule has 0 N–H and O–H groups in total. The number of alkyl halides is 3. The van der Waals surface area contributed by atoms with Crippen molar-refractivity contribution in [3.63, 3.8) is 0 Å². The van der Waals surface area contributed by atoms with E-state index in [1.807, 2.05) is 35.7 Å². The van der Waals surface area contributed by atoms with Gasteiger partial charge in [0.1, 0.15) is 6.61 Å². The SMILES string of the molecule is FC(F)(F)COCCc1nc(-c2ccccc2)cs1. The van der Waals surface area contributed by atoms with Gasteiger partial charge in [0.2, 0.25) is 0 Å². The number of thiazole rings is 1. The third kappa shape index (κ3) is 4.65. The van der Waals surface area contributed by atoms with Gasteiger partial charge in [-0.3, -0.25) is 0 Å². The van der Waals surface area contributed by atoms with E-state index < -0.39 is 12.8 Å². The van der Waals surface area contributed by atoms with Crippen LogP contribution in [0, 0.1) is 0 Å². The van der Waals surface area contributed by atoms with Gasteiger partial charge < -0.3 is 4.74 Å².